The van der Waals surface area contributed by atoms with Crippen LogP contribution in [-0.4, -0.2) is 35.5 Å². The Morgan fingerprint density at radius 2 is 1.48 bits per heavy atom. The summed E-state index contributed by atoms with van der Waals surface area (Å²) in [7, 11) is -3.72. The smallest absolute Gasteiger partial charge is 0.238 e. The monoisotopic (exact) mass is 480 g/mol. The fourth-order valence-corrected chi connectivity index (χ4v) is 4.48. The van der Waals surface area contributed by atoms with Crippen molar-refractivity contribution in [1.82, 2.24) is 14.8 Å². The van der Waals surface area contributed by atoms with Gasteiger partial charge in [0, 0.05) is 17.0 Å². The lowest BCUT2D eigenvalue weighted by Gasteiger charge is -2.11. The molecule has 0 aliphatic carbocycles. The van der Waals surface area contributed by atoms with Crippen LogP contribution in [-0.2, 0) is 10.0 Å². The molecule has 0 bridgehead atoms. The van der Waals surface area contributed by atoms with Crippen molar-refractivity contribution in [3.8, 4) is 22.8 Å². The van der Waals surface area contributed by atoms with Gasteiger partial charge in [-0.1, -0.05) is 59.3 Å². The van der Waals surface area contributed by atoms with E-state index >= 15 is 0 Å². The summed E-state index contributed by atoms with van der Waals surface area (Å²) in [4.78, 5) is 0.0547. The van der Waals surface area contributed by atoms with Crippen LogP contribution in [0.25, 0.3) is 17.1 Å². The predicted octanol–water partition coefficient (Wildman–Crippen LogP) is 4.37. The third-order valence-electron chi connectivity index (χ3n) is 4.97. The molecule has 1 aromatic heterocycles. The molecule has 2 N–H and O–H groups in total. The van der Waals surface area contributed by atoms with Crippen molar-refractivity contribution in [2.75, 3.05) is 12.4 Å². The van der Waals surface area contributed by atoms with Crippen LogP contribution in [0.5, 0.6) is 5.75 Å². The van der Waals surface area contributed by atoms with Crippen LogP contribution in [0.4, 0.5) is 0 Å². The van der Waals surface area contributed by atoms with E-state index in [9.17, 15) is 8.42 Å². The zero-order valence-corrected chi connectivity index (χ0v) is 19.9. The third kappa shape index (κ3) is 5.62. The van der Waals surface area contributed by atoms with Crippen LogP contribution in [0.15, 0.2) is 82.8 Å². The van der Waals surface area contributed by atoms with Gasteiger partial charge in [0.05, 0.1) is 11.5 Å². The van der Waals surface area contributed by atoms with Gasteiger partial charge < -0.3 is 4.74 Å². The highest BCUT2D eigenvalue weighted by molar-refractivity contribution is 7.99. The van der Waals surface area contributed by atoms with Crippen molar-refractivity contribution in [2.24, 2.45) is 5.14 Å². The summed E-state index contributed by atoms with van der Waals surface area (Å²) in [5, 5.41) is 14.8. The normalized spacial score (nSPS) is 11.5. The molecule has 9 heteroatoms. The van der Waals surface area contributed by atoms with Crippen molar-refractivity contribution in [3.05, 3.63) is 83.9 Å². The van der Waals surface area contributed by atoms with E-state index in [1.165, 1.54) is 35.0 Å². The Morgan fingerprint density at radius 1 is 0.879 bits per heavy atom. The van der Waals surface area contributed by atoms with Crippen LogP contribution in [0.3, 0.4) is 0 Å². The SMILES string of the molecule is Cc1ccc(-c2nnc(SCCOc3ccc(S(N)(=O)=O)cc3)n2-c2ccc(C)cc2)cc1. The maximum Gasteiger partial charge on any atom is 0.238 e. The van der Waals surface area contributed by atoms with Gasteiger partial charge in [0.25, 0.3) is 0 Å². The quantitative estimate of drug-likeness (QED) is 0.297. The summed E-state index contributed by atoms with van der Waals surface area (Å²) in [6.07, 6.45) is 0. The predicted molar refractivity (Wildman–Crippen MR) is 130 cm³/mol. The summed E-state index contributed by atoms with van der Waals surface area (Å²) in [6.45, 7) is 4.53. The molecule has 0 saturated carbocycles. The van der Waals surface area contributed by atoms with Gasteiger partial charge in [-0.2, -0.15) is 0 Å². The summed E-state index contributed by atoms with van der Waals surface area (Å²) < 4.78 is 30.5. The van der Waals surface area contributed by atoms with E-state index in [0.717, 1.165) is 22.2 Å². The van der Waals surface area contributed by atoms with E-state index in [4.69, 9.17) is 9.88 Å². The number of aromatic nitrogens is 3. The van der Waals surface area contributed by atoms with Gasteiger partial charge in [-0.3, -0.25) is 4.57 Å². The number of rotatable bonds is 8. The Kier molecular flexibility index (Phi) is 6.83. The molecule has 0 amide bonds. The van der Waals surface area contributed by atoms with Gasteiger partial charge in [-0.25, -0.2) is 13.6 Å². The second kappa shape index (κ2) is 9.78. The molecular formula is C24H24N4O3S2. The molecule has 3 aromatic carbocycles. The molecule has 0 spiro atoms. The summed E-state index contributed by atoms with van der Waals surface area (Å²) in [5.74, 6) is 1.98. The van der Waals surface area contributed by atoms with Gasteiger partial charge >= 0.3 is 0 Å². The molecule has 0 atom stereocenters. The Labute approximate surface area is 197 Å². The van der Waals surface area contributed by atoms with E-state index < -0.39 is 10.0 Å². The van der Waals surface area contributed by atoms with E-state index in [-0.39, 0.29) is 4.90 Å². The standard InChI is InChI=1S/C24H24N4O3S2/c1-17-3-7-19(8-4-17)23-26-27-24(28(23)20-9-5-18(2)6-10-20)32-16-15-31-21-11-13-22(14-12-21)33(25,29)30/h3-14H,15-16H2,1-2H3,(H2,25,29,30). The van der Waals surface area contributed by atoms with Gasteiger partial charge in [-0.15, -0.1) is 10.2 Å². The molecule has 0 aliphatic rings. The average Bonchev–Trinajstić information content (AvgIpc) is 3.21. The number of sulfonamides is 1. The number of aryl methyl sites for hydroxylation is 2. The lowest BCUT2D eigenvalue weighted by molar-refractivity contribution is 0.343. The molecule has 33 heavy (non-hydrogen) atoms. The maximum absolute atomic E-state index is 11.4. The Morgan fingerprint density at radius 3 is 2.09 bits per heavy atom. The molecule has 4 aromatic rings. The van der Waals surface area contributed by atoms with Crippen molar-refractivity contribution in [1.29, 1.82) is 0 Å². The van der Waals surface area contributed by atoms with E-state index in [1.54, 1.807) is 12.1 Å². The first-order valence-corrected chi connectivity index (χ1v) is 12.8. The van der Waals surface area contributed by atoms with Gasteiger partial charge in [0.1, 0.15) is 5.75 Å². The number of nitrogens with zero attached hydrogens (tertiary/aromatic N) is 3. The van der Waals surface area contributed by atoms with Crippen LogP contribution in [0.2, 0.25) is 0 Å². The van der Waals surface area contributed by atoms with Crippen LogP contribution in [0.1, 0.15) is 11.1 Å². The molecule has 7 nitrogen and oxygen atoms in total. The lowest BCUT2D eigenvalue weighted by Crippen LogP contribution is -2.11. The van der Waals surface area contributed by atoms with Crippen molar-refractivity contribution in [2.45, 2.75) is 23.9 Å². The molecule has 0 fully saturated rings. The number of thioether (sulfide) groups is 1. The highest BCUT2D eigenvalue weighted by atomic mass is 32.2. The van der Waals surface area contributed by atoms with Crippen molar-refractivity contribution >= 4 is 21.8 Å². The minimum atomic E-state index is -3.72. The minimum Gasteiger partial charge on any atom is -0.493 e. The van der Waals surface area contributed by atoms with E-state index in [1.807, 2.05) is 12.1 Å². The highest BCUT2D eigenvalue weighted by Crippen LogP contribution is 2.28. The number of primary sulfonamides is 1. The Balaban J connectivity index is 1.50. The minimum absolute atomic E-state index is 0.0547. The topological polar surface area (TPSA) is 100 Å². The van der Waals surface area contributed by atoms with Crippen molar-refractivity contribution < 1.29 is 13.2 Å². The number of hydrogen-bond acceptors (Lipinski definition) is 6. The van der Waals surface area contributed by atoms with Crippen LogP contribution >= 0.6 is 11.8 Å². The van der Waals surface area contributed by atoms with Crippen LogP contribution in [0, 0.1) is 13.8 Å². The number of nitrogens with two attached hydrogens (primary N) is 1. The molecule has 1 heterocycles. The number of hydrogen-bond donors (Lipinski definition) is 1. The average molecular weight is 481 g/mol. The molecule has 170 valence electrons. The van der Waals surface area contributed by atoms with E-state index in [2.05, 4.69) is 65.0 Å². The van der Waals surface area contributed by atoms with E-state index in [0.29, 0.717) is 18.1 Å². The third-order valence-corrected chi connectivity index (χ3v) is 6.79. The fourth-order valence-electron chi connectivity index (χ4n) is 3.20. The zero-order chi connectivity index (χ0) is 23.4. The second-order valence-corrected chi connectivity index (χ2v) is 10.2. The van der Waals surface area contributed by atoms with Crippen LogP contribution < -0.4 is 9.88 Å². The molecule has 0 radical (unpaired) electrons. The first kappa shape index (κ1) is 23.0. The summed E-state index contributed by atoms with van der Waals surface area (Å²) in [6, 6.07) is 22.5. The fraction of sp³-hybridized carbons (Fsp3) is 0.167. The molecule has 0 saturated heterocycles. The second-order valence-electron chi connectivity index (χ2n) is 7.56. The Hall–Kier alpha value is -3.14. The molecule has 0 unspecified atom stereocenters. The van der Waals surface area contributed by atoms with Crippen molar-refractivity contribution in [3.63, 3.8) is 0 Å². The molecule has 0 aliphatic heterocycles. The first-order valence-electron chi connectivity index (χ1n) is 10.3. The number of ether oxygens (including phenoxy) is 1. The van der Waals surface area contributed by atoms with Gasteiger partial charge in [0.2, 0.25) is 10.0 Å². The molecular weight excluding hydrogens is 456 g/mol. The van der Waals surface area contributed by atoms with Gasteiger partial charge in [0.15, 0.2) is 11.0 Å². The maximum atomic E-state index is 11.4. The zero-order valence-electron chi connectivity index (χ0n) is 18.3. The first-order chi connectivity index (χ1) is 15.8. The number of benzene rings is 3. The highest BCUT2D eigenvalue weighted by Gasteiger charge is 2.16. The Bertz CT molecular complexity index is 1330. The van der Waals surface area contributed by atoms with Gasteiger partial charge in [-0.05, 0) is 50.2 Å². The molecule has 4 rings (SSSR count). The largest absolute Gasteiger partial charge is 0.493 e. The summed E-state index contributed by atoms with van der Waals surface area (Å²) in [5.41, 5.74) is 4.35. The summed E-state index contributed by atoms with van der Waals surface area (Å²) >= 11 is 1.54. The lowest BCUT2D eigenvalue weighted by atomic mass is 10.1.